The molecule has 0 amide bonds. The zero-order valence-electron chi connectivity index (χ0n) is 11.2. The Morgan fingerprint density at radius 2 is 2.32 bits per heavy atom. The number of furan rings is 1. The van der Waals surface area contributed by atoms with Crippen molar-refractivity contribution in [2.75, 3.05) is 0 Å². The van der Waals surface area contributed by atoms with Gasteiger partial charge in [0.05, 0.1) is 18.0 Å². The minimum absolute atomic E-state index is 0.0395. The summed E-state index contributed by atoms with van der Waals surface area (Å²) in [7, 11) is 0. The third-order valence-electron chi connectivity index (χ3n) is 3.42. The lowest BCUT2D eigenvalue weighted by atomic mass is 10.2. The van der Waals surface area contributed by atoms with Gasteiger partial charge in [0.25, 0.3) is 0 Å². The van der Waals surface area contributed by atoms with E-state index in [1.807, 2.05) is 23.7 Å². The summed E-state index contributed by atoms with van der Waals surface area (Å²) in [6.07, 6.45) is 1.68. The van der Waals surface area contributed by atoms with Crippen LogP contribution in [0.15, 0.2) is 22.8 Å². The van der Waals surface area contributed by atoms with Crippen LogP contribution in [0.4, 0.5) is 0 Å². The minimum atomic E-state index is 0.0395. The Morgan fingerprint density at radius 1 is 1.53 bits per heavy atom. The van der Waals surface area contributed by atoms with Crippen molar-refractivity contribution in [3.63, 3.8) is 0 Å². The van der Waals surface area contributed by atoms with E-state index in [0.29, 0.717) is 4.77 Å². The molecule has 0 bridgehead atoms. The molecule has 1 atom stereocenters. The van der Waals surface area contributed by atoms with Crippen LogP contribution >= 0.6 is 12.2 Å². The van der Waals surface area contributed by atoms with Crippen molar-refractivity contribution in [1.29, 1.82) is 0 Å². The number of aromatic nitrogens is 4. The van der Waals surface area contributed by atoms with Crippen molar-refractivity contribution in [2.45, 2.75) is 33.4 Å². The first kappa shape index (κ1) is 12.2. The molecule has 0 radical (unpaired) electrons. The number of H-pyrrole nitrogens is 1. The van der Waals surface area contributed by atoms with Gasteiger partial charge in [-0.1, -0.05) is 0 Å². The monoisotopic (exact) mass is 276 g/mol. The molecule has 0 aromatic carbocycles. The fraction of sp³-hybridized carbons (Fsp3) is 0.385. The van der Waals surface area contributed by atoms with Gasteiger partial charge in [-0.25, -0.2) is 4.68 Å². The molecule has 3 aromatic heterocycles. The fourth-order valence-electron chi connectivity index (χ4n) is 2.46. The normalized spacial score (nSPS) is 13.2. The summed E-state index contributed by atoms with van der Waals surface area (Å²) in [5.41, 5.74) is 2.99. The first-order valence-corrected chi connectivity index (χ1v) is 6.75. The molecule has 6 heteroatoms. The summed E-state index contributed by atoms with van der Waals surface area (Å²) in [4.78, 5) is 3.25. The van der Waals surface area contributed by atoms with Crippen molar-refractivity contribution < 1.29 is 4.42 Å². The van der Waals surface area contributed by atoms with Gasteiger partial charge in [0, 0.05) is 6.54 Å². The Morgan fingerprint density at radius 3 is 2.95 bits per heavy atom. The summed E-state index contributed by atoms with van der Waals surface area (Å²) in [6.45, 7) is 6.94. The Hall–Kier alpha value is -1.82. The molecular weight excluding hydrogens is 260 g/mol. The van der Waals surface area contributed by atoms with Crippen LogP contribution in [-0.4, -0.2) is 19.3 Å². The highest BCUT2D eigenvalue weighted by Gasteiger charge is 2.20. The molecule has 3 heterocycles. The summed E-state index contributed by atoms with van der Waals surface area (Å²) in [5, 5.41) is 4.52. The lowest BCUT2D eigenvalue weighted by molar-refractivity contribution is 0.444. The number of hydrogen-bond donors (Lipinski definition) is 1. The van der Waals surface area contributed by atoms with Gasteiger partial charge in [-0.15, -0.1) is 0 Å². The van der Waals surface area contributed by atoms with Crippen LogP contribution in [0, 0.1) is 11.7 Å². The topological polar surface area (TPSA) is 51.7 Å². The average Bonchev–Trinajstić information content (AvgIpc) is 3.06. The second kappa shape index (κ2) is 4.38. The van der Waals surface area contributed by atoms with Crippen LogP contribution < -0.4 is 0 Å². The average molecular weight is 276 g/mol. The second-order valence-corrected chi connectivity index (χ2v) is 4.98. The van der Waals surface area contributed by atoms with E-state index in [4.69, 9.17) is 16.6 Å². The van der Waals surface area contributed by atoms with E-state index >= 15 is 0 Å². The molecule has 3 rings (SSSR count). The van der Waals surface area contributed by atoms with Crippen molar-refractivity contribution in [3.05, 3.63) is 34.6 Å². The number of aryl methyl sites for hydroxylation is 2. The molecule has 0 fully saturated rings. The molecule has 100 valence electrons. The molecule has 0 aliphatic rings. The maximum absolute atomic E-state index is 5.49. The molecule has 0 aliphatic heterocycles. The smallest absolute Gasteiger partial charge is 0.180 e. The summed E-state index contributed by atoms with van der Waals surface area (Å²) >= 11 is 5.45. The maximum Gasteiger partial charge on any atom is 0.180 e. The van der Waals surface area contributed by atoms with Gasteiger partial charge in [0.2, 0.25) is 0 Å². The number of rotatable bonds is 3. The molecule has 0 saturated heterocycles. The summed E-state index contributed by atoms with van der Waals surface area (Å²) < 4.78 is 10.2. The second-order valence-electron chi connectivity index (χ2n) is 4.59. The van der Waals surface area contributed by atoms with E-state index in [1.165, 1.54) is 0 Å². The van der Waals surface area contributed by atoms with Crippen LogP contribution in [0.3, 0.4) is 0 Å². The molecule has 5 nitrogen and oxygen atoms in total. The third-order valence-corrected chi connectivity index (χ3v) is 3.72. The molecular formula is C13H16N4OS. The van der Waals surface area contributed by atoms with E-state index < -0.39 is 0 Å². The summed E-state index contributed by atoms with van der Waals surface area (Å²) in [6, 6.07) is 3.89. The molecule has 0 aliphatic carbocycles. The molecule has 0 spiro atoms. The van der Waals surface area contributed by atoms with Gasteiger partial charge >= 0.3 is 0 Å². The van der Waals surface area contributed by atoms with Gasteiger partial charge in [0.15, 0.2) is 10.4 Å². The molecule has 1 N–H and O–H groups in total. The molecule has 19 heavy (non-hydrogen) atoms. The van der Waals surface area contributed by atoms with Crippen LogP contribution in [0.1, 0.15) is 31.3 Å². The van der Waals surface area contributed by atoms with E-state index in [-0.39, 0.29) is 6.04 Å². The lowest BCUT2D eigenvalue weighted by Gasteiger charge is -2.12. The zero-order valence-corrected chi connectivity index (χ0v) is 12.0. The number of fused-ring (bicyclic) bond motifs is 1. The van der Waals surface area contributed by atoms with Crippen molar-refractivity contribution in [2.24, 2.45) is 0 Å². The van der Waals surface area contributed by atoms with Crippen molar-refractivity contribution >= 4 is 23.4 Å². The number of hydrogen-bond acceptors (Lipinski definition) is 3. The van der Waals surface area contributed by atoms with Gasteiger partial charge in [-0.3, -0.25) is 4.57 Å². The highest BCUT2D eigenvalue weighted by atomic mass is 32.1. The molecule has 1 unspecified atom stereocenters. The van der Waals surface area contributed by atoms with E-state index in [1.54, 1.807) is 6.26 Å². The summed E-state index contributed by atoms with van der Waals surface area (Å²) in [5.74, 6) is 0.888. The van der Waals surface area contributed by atoms with Gasteiger partial charge < -0.3 is 9.40 Å². The highest BCUT2D eigenvalue weighted by Crippen LogP contribution is 2.26. The van der Waals surface area contributed by atoms with Crippen LogP contribution in [0.2, 0.25) is 0 Å². The minimum Gasteiger partial charge on any atom is -0.467 e. The van der Waals surface area contributed by atoms with Crippen LogP contribution in [0.5, 0.6) is 0 Å². The molecule has 3 aromatic rings. The van der Waals surface area contributed by atoms with Gasteiger partial charge in [-0.2, -0.15) is 5.10 Å². The van der Waals surface area contributed by atoms with Crippen LogP contribution in [0.25, 0.3) is 11.2 Å². The Balaban J connectivity index is 2.28. The van der Waals surface area contributed by atoms with E-state index in [0.717, 1.165) is 29.2 Å². The Bertz CT molecular complexity index is 763. The number of imidazole rings is 1. The van der Waals surface area contributed by atoms with Gasteiger partial charge in [-0.05, 0) is 45.1 Å². The first-order valence-electron chi connectivity index (χ1n) is 6.34. The maximum atomic E-state index is 5.49. The van der Waals surface area contributed by atoms with Crippen molar-refractivity contribution in [1.82, 2.24) is 19.3 Å². The van der Waals surface area contributed by atoms with Crippen molar-refractivity contribution in [3.8, 4) is 0 Å². The number of nitrogens with one attached hydrogen (secondary N) is 1. The Kier molecular flexibility index (Phi) is 2.82. The van der Waals surface area contributed by atoms with Gasteiger partial charge in [0.1, 0.15) is 11.3 Å². The predicted molar refractivity (Wildman–Crippen MR) is 75.8 cm³/mol. The Labute approximate surface area is 115 Å². The zero-order chi connectivity index (χ0) is 13.6. The molecule has 0 saturated carbocycles. The van der Waals surface area contributed by atoms with Crippen LogP contribution in [-0.2, 0) is 6.54 Å². The third kappa shape index (κ3) is 1.74. The highest BCUT2D eigenvalue weighted by molar-refractivity contribution is 7.71. The lowest BCUT2D eigenvalue weighted by Crippen LogP contribution is -2.10. The number of aromatic amines is 1. The standard InChI is InChI=1S/C13H16N4OS/c1-4-16-12-11(8(2)15-16)14-13(19)17(12)9(3)10-6-5-7-18-10/h5-7,9H,4H2,1-3H3,(H,14,19). The first-order chi connectivity index (χ1) is 9.13. The quantitative estimate of drug-likeness (QED) is 0.746. The fourth-order valence-corrected chi connectivity index (χ4v) is 2.81. The number of nitrogens with zero attached hydrogens (tertiary/aromatic N) is 3. The predicted octanol–water partition coefficient (Wildman–Crippen LogP) is 3.43. The SMILES string of the molecule is CCn1nc(C)c2[nH]c(=S)n(C(C)c3ccco3)c21. The largest absolute Gasteiger partial charge is 0.467 e. The van der Waals surface area contributed by atoms with E-state index in [2.05, 4.69) is 28.5 Å². The van der Waals surface area contributed by atoms with E-state index in [9.17, 15) is 0 Å².